The highest BCUT2D eigenvalue weighted by Crippen LogP contribution is 2.35. The molecule has 1 aromatic carbocycles. The average molecular weight is 1800 g/mol. The number of rotatable bonds is 65. The number of unbranched alkanes of at least 4 members (excludes halogenated alkanes) is 2. The number of esters is 2. The number of hydrogen-bond acceptors (Lipinski definition) is 27. The smallest absolute Gasteiger partial charge is 0.311 e. The summed E-state index contributed by atoms with van der Waals surface area (Å²) in [7, 11) is -6.55. The van der Waals surface area contributed by atoms with Crippen LogP contribution >= 0.6 is 34.9 Å². The highest BCUT2D eigenvalue weighted by Gasteiger charge is 2.40. The molecule has 7 atom stereocenters. The Balaban J connectivity index is 1.19. The molecule has 5 rings (SSSR count). The first-order valence-corrected chi connectivity index (χ1v) is 58.1. The molecule has 0 spiro atoms. The van der Waals surface area contributed by atoms with Gasteiger partial charge in [0.05, 0.1) is 108 Å². The molecule has 30 nitrogen and oxygen atoms in total. The Morgan fingerprint density at radius 3 is 1.81 bits per heavy atom. The maximum Gasteiger partial charge on any atom is 0.311 e. The van der Waals surface area contributed by atoms with Crippen LogP contribution in [0.4, 0.5) is 0 Å². The Labute approximate surface area is 729 Å². The van der Waals surface area contributed by atoms with Crippen LogP contribution in [0.5, 0.6) is 5.75 Å². The number of likely N-dealkylation sites (N-methyl/N-ethyl adjacent to an activating group) is 1. The van der Waals surface area contributed by atoms with Crippen LogP contribution in [-0.2, 0) is 85.0 Å². The summed E-state index contributed by atoms with van der Waals surface area (Å²) in [6.45, 7) is 37.8. The van der Waals surface area contributed by atoms with Crippen molar-refractivity contribution >= 4 is 103 Å². The van der Waals surface area contributed by atoms with Gasteiger partial charge in [-0.15, -0.1) is 23.1 Å². The number of aromatic nitrogens is 5. The summed E-state index contributed by atoms with van der Waals surface area (Å²) in [6, 6.07) is 7.98. The fraction of sp³-hybridized carbons (Fsp3) is 0.723. The molecule has 4 aromatic rings. The molecule has 670 valence electrons. The van der Waals surface area contributed by atoms with Crippen molar-refractivity contribution in [3.8, 4) is 5.75 Å². The molecule has 1 aliphatic rings. The molecule has 1 unspecified atom stereocenters. The van der Waals surface area contributed by atoms with Gasteiger partial charge in [-0.2, -0.15) is 0 Å². The lowest BCUT2D eigenvalue weighted by Gasteiger charge is -2.39. The van der Waals surface area contributed by atoms with Gasteiger partial charge < -0.3 is 56.3 Å². The molecule has 3 aromatic heterocycles. The van der Waals surface area contributed by atoms with E-state index in [2.05, 4.69) is 103 Å². The van der Waals surface area contributed by atoms with Gasteiger partial charge in [-0.1, -0.05) is 108 Å². The van der Waals surface area contributed by atoms with Gasteiger partial charge in [0.2, 0.25) is 5.91 Å². The Kier molecular flexibility index (Phi) is 49.5. The minimum Gasteiger partial charge on any atom is -0.455 e. The van der Waals surface area contributed by atoms with Crippen LogP contribution in [0.15, 0.2) is 74.8 Å². The monoisotopic (exact) mass is 1790 g/mol. The maximum atomic E-state index is 15.2. The number of benzene rings is 1. The van der Waals surface area contributed by atoms with Crippen LogP contribution < -0.4 is 10.1 Å². The lowest BCUT2D eigenvalue weighted by atomic mass is 9.82. The van der Waals surface area contributed by atoms with Crippen molar-refractivity contribution < 1.29 is 74.9 Å². The maximum absolute atomic E-state index is 15.2. The molecular weight excluding hydrogens is 1660 g/mol. The Bertz CT molecular complexity index is 3780. The van der Waals surface area contributed by atoms with Crippen molar-refractivity contribution in [2.75, 3.05) is 110 Å². The number of hydrogen-bond donors (Lipinski definition) is 1. The highest BCUT2D eigenvalue weighted by molar-refractivity contribution is 8.01. The molecule has 0 aliphatic carbocycles. The SMILES string of the molecule is CCCC(=O)OCN(C(=O)[C@H](CC(=O)[C@@H]1CCCCN1C)C(C)CC)[C@@H](C[C@H](C)c1nc(C(=O)N[C@H](Cc2ccc(OC(=O)CCCC[Si](C)(C)O[Si](C)(C)CSc3cnc(COCCOCCOCCN=[N+]=[N-])cn3)cc2)C[C@@H](C)C(=O)CCCC[Si](C)(C)O[Si](C)(C)CSc2ncc(COCCOCCOCCN=[N+]=[N-])cn2)cs1)C(C)C. The average Bonchev–Trinajstić information content (AvgIpc) is 1.35. The van der Waals surface area contributed by atoms with Gasteiger partial charge in [0.15, 0.2) is 50.9 Å². The molecule has 1 saturated heterocycles. The standard InChI is InChI=1S/C83H138N14O16S3Si4/c1-17-25-78(100)110-59-97(82(103)71(63(5)18-2)51-76(99)73-26-19-22-35-96(73)8)74(62(3)4)49-65(7)81-93-72(58-114-81)80(102)92-68(48-64(6)75(98)27-20-23-46-117(9,10)113-120(15,16)61-116-83-88-52-67(53-89-83)56-108-44-42-106-40-38-104-36-33-90-94-84)50-66-29-31-70(32-30-66)111-79(101)28-21-24-47-118(11,12)112-119(13,14)60-115-77-55-86-69(54-87-77)57-109-45-43-107-41-39-105-37-34-91-95-85/h29-32,52-55,58,62-65,68,71,73-74H,17-28,33-51,56-57,59-61H2,1-16H3,(H,92,102)/t63?,64-,65+,68+,71-,73+,74+/m1/s1. The number of nitrogens with one attached hydrogen (secondary N) is 1. The normalized spacial score (nSPS) is 15.1. The number of ketones is 2. The van der Waals surface area contributed by atoms with Crippen molar-refractivity contribution in [3.63, 3.8) is 0 Å². The summed E-state index contributed by atoms with van der Waals surface area (Å²) in [5.74, 6) is -2.15. The zero-order valence-electron chi connectivity index (χ0n) is 74.3. The summed E-state index contributed by atoms with van der Waals surface area (Å²) in [4.78, 5) is 117. The quantitative estimate of drug-likeness (QED) is 0.00410. The molecule has 0 saturated carbocycles. The van der Waals surface area contributed by atoms with Crippen molar-refractivity contribution in [1.29, 1.82) is 0 Å². The van der Waals surface area contributed by atoms with Crippen LogP contribution in [0.2, 0.25) is 64.5 Å². The first kappa shape index (κ1) is 105. The van der Waals surface area contributed by atoms with E-state index < -0.39 is 63.2 Å². The lowest BCUT2D eigenvalue weighted by molar-refractivity contribution is -0.160. The van der Waals surface area contributed by atoms with Crippen LogP contribution in [0, 0.1) is 23.7 Å². The third-order valence-electron chi connectivity index (χ3n) is 20.7. The van der Waals surface area contributed by atoms with E-state index in [9.17, 15) is 24.0 Å². The second kappa shape index (κ2) is 56.8. The van der Waals surface area contributed by atoms with E-state index in [1.807, 2.05) is 67.6 Å². The molecule has 120 heavy (non-hydrogen) atoms. The fourth-order valence-electron chi connectivity index (χ4n) is 14.2. The number of thiazole rings is 1. The van der Waals surface area contributed by atoms with Gasteiger partial charge in [0.1, 0.15) is 22.3 Å². The van der Waals surface area contributed by atoms with Gasteiger partial charge in [-0.05, 0) is 170 Å². The molecule has 37 heteroatoms. The molecule has 1 aliphatic heterocycles. The summed E-state index contributed by atoms with van der Waals surface area (Å²) in [6.07, 6.45) is 16.3. The third kappa shape index (κ3) is 42.6. The van der Waals surface area contributed by atoms with Crippen molar-refractivity contribution in [2.24, 2.45) is 33.9 Å². The van der Waals surface area contributed by atoms with E-state index in [-0.39, 0.29) is 91.4 Å². The van der Waals surface area contributed by atoms with E-state index in [1.54, 1.807) is 70.7 Å². The van der Waals surface area contributed by atoms with E-state index in [4.69, 9.17) is 62.2 Å². The number of ether oxygens (including phenoxy) is 8. The molecule has 0 radical (unpaired) electrons. The first-order valence-electron chi connectivity index (χ1n) is 42.8. The van der Waals surface area contributed by atoms with Crippen LogP contribution in [0.1, 0.15) is 183 Å². The second-order valence-electron chi connectivity index (χ2n) is 33.9. The summed E-state index contributed by atoms with van der Waals surface area (Å²) in [5.41, 5.74) is 19.4. The van der Waals surface area contributed by atoms with Crippen LogP contribution in [0.3, 0.4) is 0 Å². The predicted octanol–water partition coefficient (Wildman–Crippen LogP) is 16.9. The summed E-state index contributed by atoms with van der Waals surface area (Å²) < 4.78 is 58.8. The number of azide groups is 2. The van der Waals surface area contributed by atoms with E-state index in [0.29, 0.717) is 153 Å². The van der Waals surface area contributed by atoms with Crippen LogP contribution in [-0.4, -0.2) is 232 Å². The fourth-order valence-corrected chi connectivity index (χ4v) is 36.0. The van der Waals surface area contributed by atoms with Gasteiger partial charge in [0.25, 0.3) is 5.91 Å². The minimum atomic E-state index is -2.17. The number of carbonyl (C=O) groups excluding carboxylic acids is 6. The third-order valence-corrected chi connectivity index (χ3v) is 41.4. The van der Waals surface area contributed by atoms with Gasteiger partial charge >= 0.3 is 11.9 Å². The number of carbonyl (C=O) groups is 6. The van der Waals surface area contributed by atoms with E-state index in [1.165, 1.54) is 11.3 Å². The van der Waals surface area contributed by atoms with Gasteiger partial charge in [0, 0.05) is 113 Å². The molecular formula is C83H138N14O16S3Si4. The number of amides is 2. The van der Waals surface area contributed by atoms with Gasteiger partial charge in [-0.25, -0.2) is 19.9 Å². The summed E-state index contributed by atoms with van der Waals surface area (Å²) in [5, 5.41) is 15.7. The van der Waals surface area contributed by atoms with Crippen LogP contribution in [0.25, 0.3) is 20.9 Å². The van der Waals surface area contributed by atoms with E-state index >= 15 is 4.79 Å². The Morgan fingerprint density at radius 2 is 1.24 bits per heavy atom. The second-order valence-corrected chi connectivity index (χ2v) is 55.2. The zero-order valence-corrected chi connectivity index (χ0v) is 80.8. The summed E-state index contributed by atoms with van der Waals surface area (Å²) >= 11 is 4.61. The number of likely N-dealkylation sites (tertiary alicyclic amines) is 1. The van der Waals surface area contributed by atoms with Crippen molar-refractivity contribution in [1.82, 2.24) is 40.0 Å². The molecule has 1 fully saturated rings. The Morgan fingerprint density at radius 1 is 0.658 bits per heavy atom. The molecule has 2 amide bonds. The van der Waals surface area contributed by atoms with Gasteiger partial charge in [-0.3, -0.25) is 38.7 Å². The van der Waals surface area contributed by atoms with Crippen molar-refractivity contribution in [2.45, 2.75) is 263 Å². The number of piperidine rings is 1. The minimum absolute atomic E-state index is 0.0653. The topological polar surface area (TPSA) is 375 Å². The lowest BCUT2D eigenvalue weighted by Crippen LogP contribution is -2.50. The molecule has 1 N–H and O–H groups in total. The van der Waals surface area contributed by atoms with Crippen molar-refractivity contribution in [3.05, 3.63) is 103 Å². The highest BCUT2D eigenvalue weighted by atomic mass is 32.2. The predicted molar refractivity (Wildman–Crippen MR) is 481 cm³/mol. The largest absolute Gasteiger partial charge is 0.455 e. The number of nitrogens with zero attached hydrogens (tertiary/aromatic N) is 13. The molecule has 4 heterocycles. The number of Topliss-reactive ketones (excluding diaryl/α,β-unsaturated/α-hetero) is 2. The Hall–Kier alpha value is -5.94. The first-order chi connectivity index (χ1) is 57.2. The number of thioether (sulfide) groups is 2. The zero-order chi connectivity index (χ0) is 87.9. The van der Waals surface area contributed by atoms with E-state index in [0.717, 1.165) is 83.3 Å². The molecule has 0 bridgehead atoms.